The van der Waals surface area contributed by atoms with Crippen LogP contribution in [0.5, 0.6) is 0 Å². The summed E-state index contributed by atoms with van der Waals surface area (Å²) in [6, 6.07) is 5.29. The molecule has 2 aromatic rings. The third-order valence-corrected chi connectivity index (χ3v) is 3.38. The van der Waals surface area contributed by atoms with Gasteiger partial charge < -0.3 is 9.73 Å². The number of hydrogen-bond acceptors (Lipinski definition) is 2. The minimum absolute atomic E-state index is 0.0701. The normalized spacial score (nSPS) is 12.7. The Labute approximate surface area is 112 Å². The van der Waals surface area contributed by atoms with Crippen LogP contribution in [0, 0.1) is 11.6 Å². The van der Waals surface area contributed by atoms with Crippen LogP contribution in [0.15, 0.2) is 39.6 Å². The largest absolute Gasteiger partial charge is 0.457 e. The molecule has 0 aliphatic carbocycles. The molecule has 0 amide bonds. The molecule has 0 spiro atoms. The Morgan fingerprint density at radius 2 is 1.94 bits per heavy atom. The number of nitrogens with one attached hydrogen (secondary N) is 1. The SMILES string of the molecule is CNC(Cc1cc(F)cc(F)c1)c1ccoc1Br. The fraction of sp³-hybridized carbons (Fsp3) is 0.231. The third-order valence-electron chi connectivity index (χ3n) is 2.73. The molecule has 1 atom stereocenters. The van der Waals surface area contributed by atoms with E-state index in [-0.39, 0.29) is 6.04 Å². The van der Waals surface area contributed by atoms with Gasteiger partial charge in [-0.15, -0.1) is 0 Å². The van der Waals surface area contributed by atoms with Crippen molar-refractivity contribution in [2.75, 3.05) is 7.05 Å². The summed E-state index contributed by atoms with van der Waals surface area (Å²) in [6.45, 7) is 0. The Kier molecular flexibility index (Phi) is 4.14. The van der Waals surface area contributed by atoms with Crippen molar-refractivity contribution in [2.45, 2.75) is 12.5 Å². The number of hydrogen-bond donors (Lipinski definition) is 1. The smallest absolute Gasteiger partial charge is 0.173 e. The van der Waals surface area contributed by atoms with E-state index in [1.807, 2.05) is 6.07 Å². The highest BCUT2D eigenvalue weighted by Crippen LogP contribution is 2.27. The van der Waals surface area contributed by atoms with Gasteiger partial charge in [0.1, 0.15) is 11.6 Å². The summed E-state index contributed by atoms with van der Waals surface area (Å²) >= 11 is 3.30. The van der Waals surface area contributed by atoms with Crippen LogP contribution in [0.1, 0.15) is 17.2 Å². The predicted molar refractivity (Wildman–Crippen MR) is 68.3 cm³/mol. The number of halogens is 3. The second-order valence-corrected chi connectivity index (χ2v) is 4.69. The molecule has 0 saturated carbocycles. The maximum absolute atomic E-state index is 13.1. The Morgan fingerprint density at radius 3 is 2.44 bits per heavy atom. The molecule has 1 aromatic carbocycles. The van der Waals surface area contributed by atoms with Crippen LogP contribution in [0.3, 0.4) is 0 Å². The minimum atomic E-state index is -0.564. The highest BCUT2D eigenvalue weighted by molar-refractivity contribution is 9.10. The molecular formula is C13H12BrF2NO. The van der Waals surface area contributed by atoms with E-state index < -0.39 is 11.6 Å². The predicted octanol–water partition coefficient (Wildman–Crippen LogP) is 3.82. The number of rotatable bonds is 4. The third kappa shape index (κ3) is 2.97. The van der Waals surface area contributed by atoms with E-state index >= 15 is 0 Å². The highest BCUT2D eigenvalue weighted by atomic mass is 79.9. The molecule has 1 unspecified atom stereocenters. The first-order chi connectivity index (χ1) is 8.60. The molecule has 0 saturated heterocycles. The molecule has 1 heterocycles. The van der Waals surface area contributed by atoms with Crippen LogP contribution in [0.4, 0.5) is 8.78 Å². The van der Waals surface area contributed by atoms with E-state index in [2.05, 4.69) is 21.2 Å². The van der Waals surface area contributed by atoms with Crippen LogP contribution in [0.25, 0.3) is 0 Å². The van der Waals surface area contributed by atoms with Gasteiger partial charge >= 0.3 is 0 Å². The molecule has 2 nitrogen and oxygen atoms in total. The molecule has 0 fully saturated rings. The maximum Gasteiger partial charge on any atom is 0.173 e. The summed E-state index contributed by atoms with van der Waals surface area (Å²) in [5, 5.41) is 3.10. The first-order valence-corrected chi connectivity index (χ1v) is 6.24. The molecule has 96 valence electrons. The van der Waals surface area contributed by atoms with Crippen LogP contribution in [0.2, 0.25) is 0 Å². The van der Waals surface area contributed by atoms with Crippen LogP contribution < -0.4 is 5.32 Å². The minimum Gasteiger partial charge on any atom is -0.457 e. The van der Waals surface area contributed by atoms with E-state index in [0.717, 1.165) is 11.6 Å². The van der Waals surface area contributed by atoms with Gasteiger partial charge in [0.2, 0.25) is 0 Å². The van der Waals surface area contributed by atoms with Crippen LogP contribution >= 0.6 is 15.9 Å². The Hall–Kier alpha value is -1.20. The van der Waals surface area contributed by atoms with E-state index in [1.54, 1.807) is 13.3 Å². The van der Waals surface area contributed by atoms with Gasteiger partial charge in [-0.1, -0.05) is 0 Å². The first-order valence-electron chi connectivity index (χ1n) is 5.45. The molecule has 1 N–H and O–H groups in total. The van der Waals surface area contributed by atoms with Crippen molar-refractivity contribution < 1.29 is 13.2 Å². The van der Waals surface area contributed by atoms with Crippen molar-refractivity contribution in [1.82, 2.24) is 5.32 Å². The molecule has 5 heteroatoms. The van der Waals surface area contributed by atoms with E-state index in [4.69, 9.17) is 4.42 Å². The lowest BCUT2D eigenvalue weighted by atomic mass is 10.0. The molecular weight excluding hydrogens is 304 g/mol. The van der Waals surface area contributed by atoms with Crippen LogP contribution in [-0.4, -0.2) is 7.05 Å². The molecule has 0 aliphatic heterocycles. The molecule has 0 radical (unpaired) electrons. The molecule has 1 aromatic heterocycles. The second kappa shape index (κ2) is 5.63. The van der Waals surface area contributed by atoms with E-state index in [0.29, 0.717) is 16.7 Å². The summed E-state index contributed by atoms with van der Waals surface area (Å²) in [5.41, 5.74) is 1.52. The Morgan fingerprint density at radius 1 is 1.28 bits per heavy atom. The molecule has 2 rings (SSSR count). The second-order valence-electron chi connectivity index (χ2n) is 3.97. The summed E-state index contributed by atoms with van der Waals surface area (Å²) in [5.74, 6) is -1.13. The van der Waals surface area contributed by atoms with Crippen molar-refractivity contribution >= 4 is 15.9 Å². The quantitative estimate of drug-likeness (QED) is 0.927. The van der Waals surface area contributed by atoms with Gasteiger partial charge in [-0.05, 0) is 53.2 Å². The van der Waals surface area contributed by atoms with Gasteiger partial charge in [0.25, 0.3) is 0 Å². The van der Waals surface area contributed by atoms with Gasteiger partial charge in [-0.25, -0.2) is 8.78 Å². The van der Waals surface area contributed by atoms with Crippen LogP contribution in [-0.2, 0) is 6.42 Å². The zero-order valence-electron chi connectivity index (χ0n) is 9.71. The lowest BCUT2D eigenvalue weighted by Gasteiger charge is -2.15. The van der Waals surface area contributed by atoms with E-state index in [9.17, 15) is 8.78 Å². The van der Waals surface area contributed by atoms with Gasteiger partial charge in [0.05, 0.1) is 6.26 Å². The standard InChI is InChI=1S/C13H12BrF2NO/c1-17-12(11-2-3-18-13(11)14)6-8-4-9(15)7-10(16)5-8/h2-5,7,12,17H,6H2,1H3. The van der Waals surface area contributed by atoms with Crippen molar-refractivity contribution in [3.63, 3.8) is 0 Å². The van der Waals surface area contributed by atoms with E-state index in [1.165, 1.54) is 12.1 Å². The molecule has 0 aliphatic rings. The van der Waals surface area contributed by atoms with Gasteiger partial charge in [-0.2, -0.15) is 0 Å². The summed E-state index contributed by atoms with van der Waals surface area (Å²) in [4.78, 5) is 0. The fourth-order valence-corrected chi connectivity index (χ4v) is 2.40. The van der Waals surface area contributed by atoms with Gasteiger partial charge in [-0.3, -0.25) is 0 Å². The van der Waals surface area contributed by atoms with Gasteiger partial charge in [0, 0.05) is 17.7 Å². The number of furan rings is 1. The summed E-state index contributed by atoms with van der Waals surface area (Å²) in [7, 11) is 1.79. The van der Waals surface area contributed by atoms with Crippen molar-refractivity contribution in [3.05, 3.63) is 58.0 Å². The fourth-order valence-electron chi connectivity index (χ4n) is 1.89. The zero-order valence-corrected chi connectivity index (χ0v) is 11.3. The lowest BCUT2D eigenvalue weighted by Crippen LogP contribution is -2.18. The number of benzene rings is 1. The summed E-state index contributed by atoms with van der Waals surface area (Å²) < 4.78 is 32.0. The molecule has 18 heavy (non-hydrogen) atoms. The summed E-state index contributed by atoms with van der Waals surface area (Å²) in [6.07, 6.45) is 2.04. The average Bonchev–Trinajstić information content (AvgIpc) is 2.71. The van der Waals surface area contributed by atoms with Crippen molar-refractivity contribution in [2.24, 2.45) is 0 Å². The number of likely N-dealkylation sites (N-methyl/N-ethyl adjacent to an activating group) is 1. The first kappa shape index (κ1) is 13.2. The Bertz CT molecular complexity index is 521. The Balaban J connectivity index is 2.23. The monoisotopic (exact) mass is 315 g/mol. The highest BCUT2D eigenvalue weighted by Gasteiger charge is 2.16. The zero-order chi connectivity index (χ0) is 13.1. The van der Waals surface area contributed by atoms with Crippen molar-refractivity contribution in [3.8, 4) is 0 Å². The van der Waals surface area contributed by atoms with Crippen molar-refractivity contribution in [1.29, 1.82) is 0 Å². The lowest BCUT2D eigenvalue weighted by molar-refractivity contribution is 0.516. The maximum atomic E-state index is 13.1. The van der Waals surface area contributed by atoms with Gasteiger partial charge in [0.15, 0.2) is 4.67 Å². The average molecular weight is 316 g/mol. The molecule has 0 bridgehead atoms. The topological polar surface area (TPSA) is 25.2 Å².